The van der Waals surface area contributed by atoms with Crippen molar-refractivity contribution in [2.24, 2.45) is 5.14 Å². The van der Waals surface area contributed by atoms with Gasteiger partial charge in [-0.3, -0.25) is 0 Å². The van der Waals surface area contributed by atoms with Crippen LogP contribution in [0.5, 0.6) is 5.75 Å². The minimum absolute atomic E-state index is 0.0538. The van der Waals surface area contributed by atoms with Crippen molar-refractivity contribution in [1.29, 1.82) is 0 Å². The number of rotatable bonds is 5. The fraction of sp³-hybridized carbons (Fsp3) is 0.200. The van der Waals surface area contributed by atoms with Gasteiger partial charge in [-0.1, -0.05) is 0 Å². The van der Waals surface area contributed by atoms with Gasteiger partial charge in [0.15, 0.2) is 0 Å². The summed E-state index contributed by atoms with van der Waals surface area (Å²) in [5, 5.41) is 8.23. The molecule has 0 fully saturated rings. The Labute approximate surface area is 169 Å². The first-order chi connectivity index (χ1) is 13.9. The molecule has 0 saturated heterocycles. The molecule has 0 aliphatic carbocycles. The van der Waals surface area contributed by atoms with E-state index < -0.39 is 10.0 Å². The van der Waals surface area contributed by atoms with Crippen LogP contribution in [0.3, 0.4) is 0 Å². The summed E-state index contributed by atoms with van der Waals surface area (Å²) in [5.74, 6) is 2.06. The number of aromatic nitrogens is 2. The van der Waals surface area contributed by atoms with Gasteiger partial charge in [-0.2, -0.15) is 4.98 Å². The topological polar surface area (TPSA) is 110 Å². The first kappa shape index (κ1) is 19.2. The molecular weight excluding hydrogens is 390 g/mol. The van der Waals surface area contributed by atoms with Crippen molar-refractivity contribution in [1.82, 2.24) is 9.97 Å². The second-order valence-corrected chi connectivity index (χ2v) is 8.24. The number of fused-ring (bicyclic) bond motifs is 1. The lowest BCUT2D eigenvalue weighted by molar-refractivity contribution is 0.414. The van der Waals surface area contributed by atoms with E-state index in [2.05, 4.69) is 32.3 Å². The molecular formula is C20H21N5O3S. The third-order valence-electron chi connectivity index (χ3n) is 4.76. The van der Waals surface area contributed by atoms with E-state index in [1.54, 1.807) is 25.4 Å². The van der Waals surface area contributed by atoms with Gasteiger partial charge in [0.25, 0.3) is 0 Å². The maximum atomic E-state index is 11.4. The molecule has 2 aromatic carbocycles. The van der Waals surface area contributed by atoms with Gasteiger partial charge in [0.05, 0.1) is 12.0 Å². The Bertz CT molecular complexity index is 1130. The summed E-state index contributed by atoms with van der Waals surface area (Å²) in [6.45, 7) is 0.860. The Morgan fingerprint density at radius 2 is 1.93 bits per heavy atom. The molecule has 9 heteroatoms. The number of hydrogen-bond acceptors (Lipinski definition) is 7. The number of hydrogen-bond donors (Lipinski definition) is 2. The molecule has 2 heterocycles. The van der Waals surface area contributed by atoms with Crippen molar-refractivity contribution in [2.75, 3.05) is 23.9 Å². The fourth-order valence-electron chi connectivity index (χ4n) is 3.36. The summed E-state index contributed by atoms with van der Waals surface area (Å²) in [7, 11) is -2.05. The van der Waals surface area contributed by atoms with E-state index in [-0.39, 0.29) is 4.90 Å². The van der Waals surface area contributed by atoms with Crippen molar-refractivity contribution >= 4 is 33.2 Å². The normalized spacial score (nSPS) is 13.7. The smallest absolute Gasteiger partial charge is 0.238 e. The van der Waals surface area contributed by atoms with Gasteiger partial charge in [-0.25, -0.2) is 18.5 Å². The first-order valence-corrected chi connectivity index (χ1v) is 10.7. The molecule has 0 bridgehead atoms. The summed E-state index contributed by atoms with van der Waals surface area (Å²) in [6, 6.07) is 14.1. The van der Waals surface area contributed by atoms with Crippen molar-refractivity contribution < 1.29 is 13.2 Å². The molecule has 1 aliphatic rings. The lowest BCUT2D eigenvalue weighted by Crippen LogP contribution is -2.25. The standard InChI is InChI=1S/C20H21N5O3S/c1-28-16-6-9-18-14(13-16)3-2-12-25(18)19-10-11-22-20(24-19)23-15-4-7-17(8-5-15)29(21,26)27/h4-11,13H,2-3,12H2,1H3,(H2,21,26,27)(H,22,23,24). The summed E-state index contributed by atoms with van der Waals surface area (Å²) in [5.41, 5.74) is 3.00. The molecule has 1 aromatic heterocycles. The summed E-state index contributed by atoms with van der Waals surface area (Å²) in [4.78, 5) is 11.1. The molecule has 3 aromatic rings. The Kier molecular flexibility index (Phi) is 5.08. The fourth-order valence-corrected chi connectivity index (χ4v) is 3.87. The van der Waals surface area contributed by atoms with Crippen LogP contribution in [-0.4, -0.2) is 32.0 Å². The van der Waals surface area contributed by atoms with E-state index in [9.17, 15) is 8.42 Å². The van der Waals surface area contributed by atoms with Gasteiger partial charge in [0, 0.05) is 24.1 Å². The Morgan fingerprint density at radius 3 is 2.66 bits per heavy atom. The predicted molar refractivity (Wildman–Crippen MR) is 111 cm³/mol. The maximum absolute atomic E-state index is 11.4. The van der Waals surface area contributed by atoms with Crippen LogP contribution in [0.2, 0.25) is 0 Å². The average Bonchev–Trinajstić information content (AvgIpc) is 2.73. The van der Waals surface area contributed by atoms with Crippen LogP contribution >= 0.6 is 0 Å². The van der Waals surface area contributed by atoms with Gasteiger partial charge in [0.1, 0.15) is 11.6 Å². The summed E-state index contributed by atoms with van der Waals surface area (Å²) < 4.78 is 28.1. The number of primary sulfonamides is 1. The van der Waals surface area contributed by atoms with Crippen LogP contribution in [0.15, 0.2) is 59.6 Å². The van der Waals surface area contributed by atoms with Crippen molar-refractivity contribution in [3.63, 3.8) is 0 Å². The monoisotopic (exact) mass is 411 g/mol. The van der Waals surface area contributed by atoms with E-state index in [1.165, 1.54) is 17.7 Å². The number of aryl methyl sites for hydroxylation is 1. The average molecular weight is 411 g/mol. The molecule has 4 rings (SSSR count). The van der Waals surface area contributed by atoms with E-state index in [0.29, 0.717) is 11.6 Å². The van der Waals surface area contributed by atoms with Gasteiger partial charge >= 0.3 is 0 Å². The second kappa shape index (κ2) is 7.69. The number of methoxy groups -OCH3 is 1. The largest absolute Gasteiger partial charge is 0.497 e. The van der Waals surface area contributed by atoms with E-state index in [4.69, 9.17) is 9.88 Å². The summed E-state index contributed by atoms with van der Waals surface area (Å²) >= 11 is 0. The number of sulfonamides is 1. The first-order valence-electron chi connectivity index (χ1n) is 9.11. The molecule has 0 atom stereocenters. The van der Waals surface area contributed by atoms with Crippen molar-refractivity contribution in [3.8, 4) is 5.75 Å². The number of anilines is 4. The highest BCUT2D eigenvalue weighted by molar-refractivity contribution is 7.89. The van der Waals surface area contributed by atoms with Crippen LogP contribution in [-0.2, 0) is 16.4 Å². The highest BCUT2D eigenvalue weighted by Crippen LogP contribution is 2.35. The van der Waals surface area contributed by atoms with Crippen LogP contribution < -0.4 is 20.1 Å². The molecule has 0 saturated carbocycles. The SMILES string of the molecule is COc1ccc2c(c1)CCCN2c1ccnc(Nc2ccc(S(N)(=O)=O)cc2)n1. The van der Waals surface area contributed by atoms with Gasteiger partial charge in [-0.05, 0) is 66.9 Å². The minimum Gasteiger partial charge on any atom is -0.497 e. The lowest BCUT2D eigenvalue weighted by atomic mass is 10.0. The highest BCUT2D eigenvalue weighted by Gasteiger charge is 2.20. The summed E-state index contributed by atoms with van der Waals surface area (Å²) in [6.07, 6.45) is 3.71. The molecule has 3 N–H and O–H groups in total. The van der Waals surface area contributed by atoms with Crippen LogP contribution in [0.25, 0.3) is 0 Å². The Hall–Kier alpha value is -3.17. The molecule has 0 amide bonds. The number of ether oxygens (including phenoxy) is 1. The van der Waals surface area contributed by atoms with Crippen LogP contribution in [0, 0.1) is 0 Å². The molecule has 150 valence electrons. The van der Waals surface area contributed by atoms with E-state index in [1.807, 2.05) is 12.1 Å². The lowest BCUT2D eigenvalue weighted by Gasteiger charge is -2.30. The van der Waals surface area contributed by atoms with Gasteiger partial charge < -0.3 is 15.0 Å². The molecule has 0 spiro atoms. The molecule has 8 nitrogen and oxygen atoms in total. The maximum Gasteiger partial charge on any atom is 0.238 e. The molecule has 0 radical (unpaired) electrons. The predicted octanol–water partition coefficient (Wildman–Crippen LogP) is 2.96. The number of nitrogens with one attached hydrogen (secondary N) is 1. The zero-order valence-electron chi connectivity index (χ0n) is 15.9. The van der Waals surface area contributed by atoms with Crippen LogP contribution in [0.4, 0.5) is 23.1 Å². The molecule has 29 heavy (non-hydrogen) atoms. The third kappa shape index (κ3) is 4.15. The van der Waals surface area contributed by atoms with Crippen molar-refractivity contribution in [2.45, 2.75) is 17.7 Å². The van der Waals surface area contributed by atoms with E-state index in [0.717, 1.165) is 36.6 Å². The minimum atomic E-state index is -3.72. The Morgan fingerprint density at radius 1 is 1.14 bits per heavy atom. The second-order valence-electron chi connectivity index (χ2n) is 6.68. The molecule has 1 aliphatic heterocycles. The number of benzene rings is 2. The number of nitrogens with two attached hydrogens (primary N) is 1. The zero-order valence-corrected chi connectivity index (χ0v) is 16.7. The third-order valence-corrected chi connectivity index (χ3v) is 5.69. The van der Waals surface area contributed by atoms with Gasteiger partial charge in [0.2, 0.25) is 16.0 Å². The van der Waals surface area contributed by atoms with Gasteiger partial charge in [-0.15, -0.1) is 0 Å². The number of nitrogens with zero attached hydrogens (tertiary/aromatic N) is 3. The molecule has 0 unspecified atom stereocenters. The van der Waals surface area contributed by atoms with Crippen LogP contribution in [0.1, 0.15) is 12.0 Å². The zero-order chi connectivity index (χ0) is 20.4. The quantitative estimate of drug-likeness (QED) is 0.664. The highest BCUT2D eigenvalue weighted by atomic mass is 32.2. The van der Waals surface area contributed by atoms with E-state index >= 15 is 0 Å². The van der Waals surface area contributed by atoms with Crippen molar-refractivity contribution in [3.05, 3.63) is 60.3 Å². The Balaban J connectivity index is 1.59.